The standard InChI is InChI=1S/C22H20O13/c23-10-1-2-32-14-6-9(5-11(24)16(10)14)34-22-20(30)19(29)18(28)15(35-22)7-33-21(31)8-3-12(25)17(27)13(26)4-8/h1-6,15,18-20,22,24-30H,7H2/t15-,18-,19+,20-,22-/m1/s1. The molecule has 0 bridgehead atoms. The summed E-state index contributed by atoms with van der Waals surface area (Å²) >= 11 is 0. The number of aromatic hydroxyl groups is 4. The molecular weight excluding hydrogens is 472 g/mol. The van der Waals surface area contributed by atoms with Crippen molar-refractivity contribution in [3.63, 3.8) is 0 Å². The van der Waals surface area contributed by atoms with Gasteiger partial charge in [-0.1, -0.05) is 0 Å². The SMILES string of the molecule is O=C(OC[C@H]1O[C@@H](Oc2cc(O)c3c(=O)ccoc3c2)[C@H](O)[C@@H](O)[C@@H]1O)c1cc(O)c(O)c(O)c1. The van der Waals surface area contributed by atoms with Gasteiger partial charge in [0, 0.05) is 18.2 Å². The van der Waals surface area contributed by atoms with E-state index in [0.29, 0.717) is 0 Å². The number of hydrogen-bond acceptors (Lipinski definition) is 13. The minimum Gasteiger partial charge on any atom is -0.507 e. The first-order valence-electron chi connectivity index (χ1n) is 10.1. The summed E-state index contributed by atoms with van der Waals surface area (Å²) < 4.78 is 21.1. The van der Waals surface area contributed by atoms with E-state index in [4.69, 9.17) is 18.6 Å². The van der Waals surface area contributed by atoms with Crippen LogP contribution < -0.4 is 10.2 Å². The third-order valence-corrected chi connectivity index (χ3v) is 5.32. The predicted molar refractivity (Wildman–Crippen MR) is 113 cm³/mol. The number of carbonyl (C=O) groups excluding carboxylic acids is 1. The molecule has 5 atom stereocenters. The van der Waals surface area contributed by atoms with Crippen molar-refractivity contribution in [2.45, 2.75) is 30.7 Å². The lowest BCUT2D eigenvalue weighted by Gasteiger charge is -2.39. The molecule has 35 heavy (non-hydrogen) atoms. The highest BCUT2D eigenvalue weighted by atomic mass is 16.7. The Kier molecular flexibility index (Phi) is 6.41. The molecule has 13 heteroatoms. The number of phenolic OH excluding ortho intramolecular Hbond substituents is 4. The van der Waals surface area contributed by atoms with Crippen LogP contribution in [0.5, 0.6) is 28.7 Å². The molecule has 0 radical (unpaired) electrons. The summed E-state index contributed by atoms with van der Waals surface area (Å²) in [5.41, 5.74) is -0.853. The van der Waals surface area contributed by atoms with Crippen LogP contribution in [0.1, 0.15) is 10.4 Å². The van der Waals surface area contributed by atoms with Gasteiger partial charge in [-0.3, -0.25) is 4.79 Å². The highest BCUT2D eigenvalue weighted by molar-refractivity contribution is 5.91. The number of carbonyl (C=O) groups is 1. The van der Waals surface area contributed by atoms with Crippen LogP contribution in [-0.2, 0) is 9.47 Å². The van der Waals surface area contributed by atoms with Crippen LogP contribution in [0, 0.1) is 0 Å². The van der Waals surface area contributed by atoms with Crippen LogP contribution >= 0.6 is 0 Å². The van der Waals surface area contributed by atoms with Crippen LogP contribution in [0.15, 0.2) is 45.8 Å². The minimum atomic E-state index is -1.79. The molecule has 13 nitrogen and oxygen atoms in total. The average Bonchev–Trinajstić information content (AvgIpc) is 2.81. The quantitative estimate of drug-likeness (QED) is 0.179. The van der Waals surface area contributed by atoms with Gasteiger partial charge in [0.15, 0.2) is 22.7 Å². The summed E-state index contributed by atoms with van der Waals surface area (Å²) in [6.07, 6.45) is -7.14. The molecule has 0 spiro atoms. The molecule has 2 heterocycles. The lowest BCUT2D eigenvalue weighted by atomic mass is 9.99. The Morgan fingerprint density at radius 2 is 1.60 bits per heavy atom. The van der Waals surface area contributed by atoms with Crippen molar-refractivity contribution in [3.05, 3.63) is 52.4 Å². The number of aliphatic hydroxyl groups excluding tert-OH is 3. The fourth-order valence-corrected chi connectivity index (χ4v) is 3.49. The molecule has 2 aromatic carbocycles. The van der Waals surface area contributed by atoms with Crippen LogP contribution in [0.2, 0.25) is 0 Å². The Bertz CT molecular complexity index is 1290. The zero-order chi connectivity index (χ0) is 25.4. The molecule has 0 saturated carbocycles. The predicted octanol–water partition coefficient (Wildman–Crippen LogP) is -0.341. The normalized spacial score (nSPS) is 24.3. The molecular formula is C22H20O13. The van der Waals surface area contributed by atoms with Gasteiger partial charge in [-0.15, -0.1) is 0 Å². The van der Waals surface area contributed by atoms with Gasteiger partial charge >= 0.3 is 5.97 Å². The summed E-state index contributed by atoms with van der Waals surface area (Å²) in [5, 5.41) is 69.2. The molecule has 186 valence electrons. The number of aliphatic hydroxyl groups is 3. The van der Waals surface area contributed by atoms with Gasteiger partial charge in [0.25, 0.3) is 0 Å². The smallest absolute Gasteiger partial charge is 0.338 e. The third-order valence-electron chi connectivity index (χ3n) is 5.32. The molecule has 7 N–H and O–H groups in total. The first-order valence-corrected chi connectivity index (χ1v) is 10.1. The number of ether oxygens (including phenoxy) is 3. The number of phenols is 4. The van der Waals surface area contributed by atoms with E-state index < -0.39 is 71.7 Å². The van der Waals surface area contributed by atoms with Gasteiger partial charge in [-0.05, 0) is 12.1 Å². The number of esters is 1. The van der Waals surface area contributed by atoms with Crippen molar-refractivity contribution >= 4 is 16.9 Å². The van der Waals surface area contributed by atoms with Crippen LogP contribution in [0.4, 0.5) is 0 Å². The van der Waals surface area contributed by atoms with Crippen molar-refractivity contribution in [1.29, 1.82) is 0 Å². The molecule has 1 aliphatic heterocycles. The fourth-order valence-electron chi connectivity index (χ4n) is 3.49. The Balaban J connectivity index is 1.49. The van der Waals surface area contributed by atoms with Crippen molar-refractivity contribution < 1.29 is 59.2 Å². The summed E-state index contributed by atoms with van der Waals surface area (Å²) in [6.45, 7) is -0.649. The summed E-state index contributed by atoms with van der Waals surface area (Å²) in [5.74, 6) is -4.02. The highest BCUT2D eigenvalue weighted by Gasteiger charge is 2.45. The second-order valence-electron chi connectivity index (χ2n) is 7.69. The molecule has 3 aromatic rings. The van der Waals surface area contributed by atoms with E-state index in [1.54, 1.807) is 0 Å². The summed E-state index contributed by atoms with van der Waals surface area (Å²) in [4.78, 5) is 24.1. The second kappa shape index (κ2) is 9.31. The van der Waals surface area contributed by atoms with E-state index in [0.717, 1.165) is 30.5 Å². The van der Waals surface area contributed by atoms with E-state index in [-0.39, 0.29) is 22.3 Å². The van der Waals surface area contributed by atoms with E-state index in [2.05, 4.69) is 0 Å². The van der Waals surface area contributed by atoms with Gasteiger partial charge in [0.2, 0.25) is 6.29 Å². The van der Waals surface area contributed by atoms with E-state index >= 15 is 0 Å². The van der Waals surface area contributed by atoms with Crippen molar-refractivity contribution in [3.8, 4) is 28.7 Å². The third kappa shape index (κ3) is 4.65. The number of hydrogen-bond donors (Lipinski definition) is 7. The number of fused-ring (bicyclic) bond motifs is 1. The maximum atomic E-state index is 12.2. The van der Waals surface area contributed by atoms with Crippen molar-refractivity contribution in [2.75, 3.05) is 6.61 Å². The Labute approximate surface area is 195 Å². The fraction of sp³-hybridized carbons (Fsp3) is 0.273. The van der Waals surface area contributed by atoms with Gasteiger partial charge in [0.1, 0.15) is 53.5 Å². The monoisotopic (exact) mass is 492 g/mol. The maximum absolute atomic E-state index is 12.2. The van der Waals surface area contributed by atoms with Crippen molar-refractivity contribution in [2.24, 2.45) is 0 Å². The zero-order valence-corrected chi connectivity index (χ0v) is 17.6. The van der Waals surface area contributed by atoms with Crippen molar-refractivity contribution in [1.82, 2.24) is 0 Å². The molecule has 1 saturated heterocycles. The topological polar surface area (TPSA) is 217 Å². The van der Waals surface area contributed by atoms with Gasteiger partial charge in [0.05, 0.1) is 11.8 Å². The second-order valence-corrected chi connectivity index (χ2v) is 7.69. The maximum Gasteiger partial charge on any atom is 0.338 e. The Morgan fingerprint density at radius 1 is 0.914 bits per heavy atom. The molecule has 4 rings (SSSR count). The van der Waals surface area contributed by atoms with Gasteiger partial charge < -0.3 is 54.4 Å². The first kappa shape index (κ1) is 24.1. The molecule has 0 aliphatic carbocycles. The van der Waals surface area contributed by atoms with Crippen LogP contribution in [0.25, 0.3) is 11.0 Å². The minimum absolute atomic E-state index is 0.0238. The summed E-state index contributed by atoms with van der Waals surface area (Å²) in [6, 6.07) is 5.09. The lowest BCUT2D eigenvalue weighted by Crippen LogP contribution is -2.60. The van der Waals surface area contributed by atoms with Gasteiger partial charge in [-0.25, -0.2) is 4.79 Å². The van der Waals surface area contributed by atoms with E-state index in [1.807, 2.05) is 0 Å². The molecule has 0 amide bonds. The number of rotatable bonds is 5. The van der Waals surface area contributed by atoms with Crippen LogP contribution in [-0.4, -0.2) is 79.0 Å². The highest BCUT2D eigenvalue weighted by Crippen LogP contribution is 2.36. The number of benzene rings is 2. The van der Waals surface area contributed by atoms with E-state index in [1.165, 1.54) is 6.07 Å². The summed E-state index contributed by atoms with van der Waals surface area (Å²) in [7, 11) is 0. The molecule has 0 unspecified atom stereocenters. The lowest BCUT2D eigenvalue weighted by molar-refractivity contribution is -0.277. The Morgan fingerprint density at radius 3 is 2.29 bits per heavy atom. The van der Waals surface area contributed by atoms with Gasteiger partial charge in [-0.2, -0.15) is 0 Å². The van der Waals surface area contributed by atoms with Crippen LogP contribution in [0.3, 0.4) is 0 Å². The molecule has 1 aromatic heterocycles. The first-order chi connectivity index (χ1) is 16.6. The molecule has 1 fully saturated rings. The largest absolute Gasteiger partial charge is 0.507 e. The average molecular weight is 492 g/mol. The molecule has 1 aliphatic rings. The Hall–Kier alpha value is -4.04. The zero-order valence-electron chi connectivity index (χ0n) is 17.6. The van der Waals surface area contributed by atoms with E-state index in [9.17, 15) is 45.3 Å².